The Morgan fingerprint density at radius 2 is 1.51 bits per heavy atom. The van der Waals surface area contributed by atoms with Crippen LogP contribution in [0.15, 0.2) is 103 Å². The summed E-state index contributed by atoms with van der Waals surface area (Å²) < 4.78 is 11.6. The average Bonchev–Trinajstić information content (AvgIpc) is 3.39. The van der Waals surface area contributed by atoms with Crippen LogP contribution < -0.4 is 9.64 Å². The second-order valence-electron chi connectivity index (χ2n) is 12.8. The molecule has 7 rings (SSSR count). The summed E-state index contributed by atoms with van der Waals surface area (Å²) in [5.41, 5.74) is 5.00. The van der Waals surface area contributed by atoms with Gasteiger partial charge >= 0.3 is 5.97 Å². The average molecular weight is 653 g/mol. The van der Waals surface area contributed by atoms with Gasteiger partial charge in [0.15, 0.2) is 6.10 Å². The number of hydrogen-bond acceptors (Lipinski definition) is 7. The molecular formula is C41H36N2O6. The fourth-order valence-electron chi connectivity index (χ4n) is 6.88. The quantitative estimate of drug-likeness (QED) is 0.0906. The van der Waals surface area contributed by atoms with Crippen molar-refractivity contribution >= 4 is 40.2 Å². The van der Waals surface area contributed by atoms with E-state index in [9.17, 15) is 19.2 Å². The SMILES string of the molecule is Cc1cccc2c(C(=O)OC(C)C(=O)c3ccc(OCc4ccccc4)cc3)cc(-c3ccc(N4C(=O)C5CCCCC5C4=O)cc3)nc12. The van der Waals surface area contributed by atoms with Crippen molar-refractivity contribution in [3.63, 3.8) is 0 Å². The molecule has 0 spiro atoms. The lowest BCUT2D eigenvalue weighted by Crippen LogP contribution is -2.30. The number of rotatable bonds is 9. The number of hydrogen-bond donors (Lipinski definition) is 0. The van der Waals surface area contributed by atoms with Crippen LogP contribution in [0.4, 0.5) is 5.69 Å². The molecule has 3 unspecified atom stereocenters. The highest BCUT2D eigenvalue weighted by Gasteiger charge is 2.48. The predicted molar refractivity (Wildman–Crippen MR) is 186 cm³/mol. The number of fused-ring (bicyclic) bond motifs is 2. The van der Waals surface area contributed by atoms with Gasteiger partial charge in [-0.05, 0) is 80.3 Å². The molecule has 1 aliphatic heterocycles. The van der Waals surface area contributed by atoms with Gasteiger partial charge in [0, 0.05) is 16.5 Å². The standard InChI is InChI=1S/C41H36N2O6/c1-25-9-8-14-32-35(41(47)49-26(2)38(44)29-17-21-31(22-18-29)48-24-27-10-4-3-5-11-27)23-36(42-37(25)32)28-15-19-30(20-16-28)43-39(45)33-12-6-7-13-34(33)40(43)46/h3-5,8-11,14-23,26,33-34H,6-7,12-13,24H2,1-2H3. The summed E-state index contributed by atoms with van der Waals surface area (Å²) in [6.07, 6.45) is 2.40. The molecule has 1 aromatic heterocycles. The third kappa shape index (κ3) is 6.34. The van der Waals surface area contributed by atoms with Crippen LogP contribution in [0.2, 0.25) is 0 Å². The van der Waals surface area contributed by atoms with Crippen molar-refractivity contribution in [2.24, 2.45) is 11.8 Å². The first-order valence-electron chi connectivity index (χ1n) is 16.7. The minimum atomic E-state index is -1.04. The number of ketones is 1. The van der Waals surface area contributed by atoms with E-state index in [-0.39, 0.29) is 35.0 Å². The van der Waals surface area contributed by atoms with E-state index < -0.39 is 12.1 Å². The van der Waals surface area contributed by atoms with E-state index in [2.05, 4.69) is 0 Å². The third-order valence-corrected chi connectivity index (χ3v) is 9.56. The summed E-state index contributed by atoms with van der Waals surface area (Å²) >= 11 is 0. The van der Waals surface area contributed by atoms with Gasteiger partial charge in [0.25, 0.3) is 0 Å². The monoisotopic (exact) mass is 652 g/mol. The number of nitrogens with zero attached hydrogens (tertiary/aromatic N) is 2. The van der Waals surface area contributed by atoms with Gasteiger partial charge in [0.2, 0.25) is 17.6 Å². The Morgan fingerprint density at radius 1 is 0.837 bits per heavy atom. The number of carbonyl (C=O) groups is 4. The molecule has 1 saturated heterocycles. The Kier molecular flexibility index (Phi) is 8.78. The highest BCUT2D eigenvalue weighted by Crippen LogP contribution is 2.40. The molecule has 2 amide bonds. The van der Waals surface area contributed by atoms with E-state index in [4.69, 9.17) is 14.5 Å². The molecule has 1 aliphatic carbocycles. The third-order valence-electron chi connectivity index (χ3n) is 9.56. The zero-order valence-electron chi connectivity index (χ0n) is 27.4. The van der Waals surface area contributed by atoms with Gasteiger partial charge in [-0.1, -0.05) is 73.5 Å². The Balaban J connectivity index is 1.09. The molecule has 2 heterocycles. The summed E-state index contributed by atoms with van der Waals surface area (Å²) in [5, 5.41) is 0.612. The number of pyridine rings is 1. The normalized spacial score (nSPS) is 17.9. The molecular weight excluding hydrogens is 616 g/mol. The second-order valence-corrected chi connectivity index (χ2v) is 12.8. The number of aromatic nitrogens is 1. The van der Waals surface area contributed by atoms with Crippen LogP contribution in [0, 0.1) is 18.8 Å². The van der Waals surface area contributed by atoms with Gasteiger partial charge in [0.1, 0.15) is 12.4 Å². The summed E-state index contributed by atoms with van der Waals surface area (Å²) in [4.78, 5) is 59.5. The minimum Gasteiger partial charge on any atom is -0.489 e. The Bertz CT molecular complexity index is 2030. The number of aryl methyl sites for hydroxylation is 1. The van der Waals surface area contributed by atoms with Crippen LogP contribution in [0.5, 0.6) is 5.75 Å². The number of benzene rings is 4. The van der Waals surface area contributed by atoms with Crippen molar-refractivity contribution in [1.29, 1.82) is 0 Å². The topological polar surface area (TPSA) is 103 Å². The van der Waals surface area contributed by atoms with Gasteiger partial charge in [-0.2, -0.15) is 0 Å². The Morgan fingerprint density at radius 3 is 2.18 bits per heavy atom. The molecule has 8 heteroatoms. The molecule has 2 aliphatic rings. The van der Waals surface area contributed by atoms with Gasteiger partial charge in [-0.15, -0.1) is 0 Å². The highest BCUT2D eigenvalue weighted by molar-refractivity contribution is 6.22. The van der Waals surface area contributed by atoms with Crippen molar-refractivity contribution in [3.05, 3.63) is 125 Å². The van der Waals surface area contributed by atoms with Crippen molar-refractivity contribution in [1.82, 2.24) is 4.98 Å². The van der Waals surface area contributed by atoms with Crippen molar-refractivity contribution in [2.45, 2.75) is 52.2 Å². The largest absolute Gasteiger partial charge is 0.489 e. The summed E-state index contributed by atoms with van der Waals surface area (Å²) in [6.45, 7) is 3.89. The van der Waals surface area contributed by atoms with Crippen LogP contribution in [-0.4, -0.2) is 34.7 Å². The van der Waals surface area contributed by atoms with Gasteiger partial charge in [-0.25, -0.2) is 9.78 Å². The Hall–Kier alpha value is -5.63. The van der Waals surface area contributed by atoms with E-state index in [0.717, 1.165) is 36.8 Å². The van der Waals surface area contributed by atoms with Crippen molar-refractivity contribution in [2.75, 3.05) is 4.90 Å². The molecule has 5 aromatic rings. The Labute approximate surface area is 284 Å². The maximum absolute atomic E-state index is 13.7. The minimum absolute atomic E-state index is 0.122. The summed E-state index contributed by atoms with van der Waals surface area (Å²) in [6, 6.07) is 30.9. The molecule has 8 nitrogen and oxygen atoms in total. The number of para-hydroxylation sites is 1. The molecule has 4 aromatic carbocycles. The van der Waals surface area contributed by atoms with Crippen LogP contribution in [0.1, 0.15) is 64.4 Å². The molecule has 246 valence electrons. The maximum atomic E-state index is 13.7. The molecule has 49 heavy (non-hydrogen) atoms. The molecule has 0 N–H and O–H groups in total. The maximum Gasteiger partial charge on any atom is 0.339 e. The number of ether oxygens (including phenoxy) is 2. The lowest BCUT2D eigenvalue weighted by atomic mass is 9.81. The molecule has 0 bridgehead atoms. The van der Waals surface area contributed by atoms with E-state index in [1.165, 1.54) is 4.90 Å². The van der Waals surface area contributed by atoms with E-state index in [0.29, 0.717) is 45.8 Å². The fraction of sp³-hybridized carbons (Fsp3) is 0.244. The number of imide groups is 1. The first-order valence-corrected chi connectivity index (χ1v) is 16.7. The van der Waals surface area contributed by atoms with E-state index in [1.807, 2.05) is 55.5 Å². The van der Waals surface area contributed by atoms with E-state index >= 15 is 0 Å². The molecule has 1 saturated carbocycles. The van der Waals surface area contributed by atoms with Crippen molar-refractivity contribution in [3.8, 4) is 17.0 Å². The number of amides is 2. The number of carbonyl (C=O) groups excluding carboxylic acids is 4. The van der Waals surface area contributed by atoms with Crippen LogP contribution >= 0.6 is 0 Å². The molecule has 3 atom stereocenters. The first kappa shape index (κ1) is 31.9. The smallest absolute Gasteiger partial charge is 0.339 e. The van der Waals surface area contributed by atoms with Crippen molar-refractivity contribution < 1.29 is 28.7 Å². The van der Waals surface area contributed by atoms with Gasteiger partial charge in [-0.3, -0.25) is 19.3 Å². The predicted octanol–water partition coefficient (Wildman–Crippen LogP) is 7.90. The fourth-order valence-corrected chi connectivity index (χ4v) is 6.88. The van der Waals surface area contributed by atoms with Gasteiger partial charge in [0.05, 0.1) is 34.3 Å². The van der Waals surface area contributed by atoms with Crippen LogP contribution in [-0.2, 0) is 20.9 Å². The van der Waals surface area contributed by atoms with E-state index in [1.54, 1.807) is 61.5 Å². The second kappa shape index (κ2) is 13.5. The summed E-state index contributed by atoms with van der Waals surface area (Å²) in [7, 11) is 0. The van der Waals surface area contributed by atoms with Gasteiger partial charge < -0.3 is 9.47 Å². The zero-order valence-corrected chi connectivity index (χ0v) is 27.4. The molecule has 2 fully saturated rings. The molecule has 0 radical (unpaired) electrons. The lowest BCUT2D eigenvalue weighted by molar-refractivity contribution is -0.122. The van der Waals surface area contributed by atoms with Crippen LogP contribution in [0.25, 0.3) is 22.2 Å². The van der Waals surface area contributed by atoms with Crippen LogP contribution in [0.3, 0.4) is 0 Å². The zero-order chi connectivity index (χ0) is 34.1. The summed E-state index contributed by atoms with van der Waals surface area (Å²) in [5.74, 6) is -1.05. The number of Topliss-reactive ketones (excluding diaryl/α,β-unsaturated/α-hetero) is 1. The lowest BCUT2D eigenvalue weighted by Gasteiger charge is -2.19. The first-order chi connectivity index (χ1) is 23.8. The number of anilines is 1. The highest BCUT2D eigenvalue weighted by atomic mass is 16.5. The number of esters is 1.